The Bertz CT molecular complexity index is 711. The number of aromatic nitrogens is 1. The van der Waals surface area contributed by atoms with E-state index in [1.165, 1.54) is 12.3 Å². The Morgan fingerprint density at radius 2 is 2.05 bits per heavy atom. The lowest BCUT2D eigenvalue weighted by atomic mass is 9.92. The average molecular weight is 302 g/mol. The molecule has 1 N–H and O–H groups in total. The second-order valence-electron chi connectivity index (χ2n) is 5.45. The van der Waals surface area contributed by atoms with E-state index in [0.717, 1.165) is 28.3 Å². The molecule has 0 atom stereocenters. The van der Waals surface area contributed by atoms with E-state index < -0.39 is 5.60 Å². The lowest BCUT2D eigenvalue weighted by molar-refractivity contribution is 0.158. The Hall–Kier alpha value is -2.01. The molecule has 0 saturated carbocycles. The van der Waals surface area contributed by atoms with Crippen LogP contribution in [0, 0.1) is 5.82 Å². The van der Waals surface area contributed by atoms with Crippen molar-refractivity contribution >= 4 is 24.1 Å². The number of benzene rings is 1. The summed E-state index contributed by atoms with van der Waals surface area (Å²) in [5.41, 5.74) is 2.97. The molecule has 3 nitrogen and oxygen atoms in total. The molecule has 0 aliphatic carbocycles. The molecule has 0 amide bonds. The van der Waals surface area contributed by atoms with Crippen LogP contribution in [0.25, 0.3) is 5.57 Å². The van der Waals surface area contributed by atoms with Crippen molar-refractivity contribution in [2.75, 3.05) is 4.72 Å². The second kappa shape index (κ2) is 5.07. The summed E-state index contributed by atoms with van der Waals surface area (Å²) in [4.78, 5) is 4.18. The van der Waals surface area contributed by atoms with Gasteiger partial charge in [0.15, 0.2) is 0 Å². The van der Waals surface area contributed by atoms with Crippen molar-refractivity contribution < 1.29 is 9.13 Å². The van der Waals surface area contributed by atoms with Gasteiger partial charge in [0.1, 0.15) is 17.2 Å². The van der Waals surface area contributed by atoms with Gasteiger partial charge in [-0.1, -0.05) is 12.8 Å². The van der Waals surface area contributed by atoms with E-state index >= 15 is 0 Å². The topological polar surface area (TPSA) is 34.2 Å². The average Bonchev–Trinajstić information content (AvgIpc) is 2.45. The predicted molar refractivity (Wildman–Crippen MR) is 85.0 cm³/mol. The van der Waals surface area contributed by atoms with E-state index in [9.17, 15) is 4.39 Å². The van der Waals surface area contributed by atoms with E-state index in [0.29, 0.717) is 0 Å². The highest BCUT2D eigenvalue weighted by Gasteiger charge is 2.27. The van der Waals surface area contributed by atoms with Crippen LogP contribution in [0.5, 0.6) is 5.75 Å². The third-order valence-corrected chi connectivity index (χ3v) is 3.53. The molecule has 1 aliphatic rings. The number of thiol groups is 1. The highest BCUT2D eigenvalue weighted by molar-refractivity contribution is 7.81. The van der Waals surface area contributed by atoms with E-state index in [2.05, 4.69) is 22.5 Å². The van der Waals surface area contributed by atoms with Gasteiger partial charge in [-0.15, -0.1) is 0 Å². The molecule has 21 heavy (non-hydrogen) atoms. The molecule has 108 valence electrons. The van der Waals surface area contributed by atoms with Gasteiger partial charge in [0.05, 0.1) is 11.9 Å². The van der Waals surface area contributed by atoms with Crippen LogP contribution < -0.4 is 9.46 Å². The fourth-order valence-electron chi connectivity index (χ4n) is 2.38. The summed E-state index contributed by atoms with van der Waals surface area (Å²) in [6, 6.07) is 8.83. The second-order valence-corrected chi connectivity index (χ2v) is 5.67. The SMILES string of the molecule is CC1(C)C=C(c2ccc(F)cn2)c2ccc(NS)cc2O1. The molecule has 1 aromatic carbocycles. The zero-order chi connectivity index (χ0) is 15.0. The summed E-state index contributed by atoms with van der Waals surface area (Å²) in [6.07, 6.45) is 3.23. The van der Waals surface area contributed by atoms with E-state index in [4.69, 9.17) is 4.74 Å². The number of nitrogens with zero attached hydrogens (tertiary/aromatic N) is 1. The number of rotatable bonds is 2. The van der Waals surface area contributed by atoms with Crippen molar-refractivity contribution in [2.45, 2.75) is 19.4 Å². The summed E-state index contributed by atoms with van der Waals surface area (Å²) in [6.45, 7) is 3.94. The highest BCUT2D eigenvalue weighted by atomic mass is 32.1. The fraction of sp³-hybridized carbons (Fsp3) is 0.188. The molecule has 2 aromatic rings. The number of ether oxygens (including phenoxy) is 1. The maximum atomic E-state index is 13.1. The minimum Gasteiger partial charge on any atom is -0.483 e. The summed E-state index contributed by atoms with van der Waals surface area (Å²) in [5, 5.41) is 0. The number of hydrogen-bond donors (Lipinski definition) is 2. The van der Waals surface area contributed by atoms with Crippen molar-refractivity contribution in [3.63, 3.8) is 0 Å². The number of halogens is 1. The van der Waals surface area contributed by atoms with Crippen molar-refractivity contribution in [3.05, 3.63) is 59.7 Å². The maximum absolute atomic E-state index is 13.1. The highest BCUT2D eigenvalue weighted by Crippen LogP contribution is 2.40. The zero-order valence-electron chi connectivity index (χ0n) is 11.7. The summed E-state index contributed by atoms with van der Waals surface area (Å²) < 4.78 is 21.9. The molecule has 0 spiro atoms. The summed E-state index contributed by atoms with van der Waals surface area (Å²) in [7, 11) is 0. The zero-order valence-corrected chi connectivity index (χ0v) is 12.6. The van der Waals surface area contributed by atoms with Crippen LogP contribution >= 0.6 is 12.8 Å². The van der Waals surface area contributed by atoms with Gasteiger partial charge >= 0.3 is 0 Å². The third kappa shape index (κ3) is 2.74. The van der Waals surface area contributed by atoms with Crippen LogP contribution in [-0.2, 0) is 0 Å². The van der Waals surface area contributed by atoms with E-state index in [1.54, 1.807) is 6.07 Å². The van der Waals surface area contributed by atoms with Gasteiger partial charge in [-0.3, -0.25) is 4.98 Å². The first-order valence-corrected chi connectivity index (χ1v) is 7.01. The molecule has 0 saturated heterocycles. The van der Waals surface area contributed by atoms with Gasteiger partial charge in [-0.05, 0) is 44.2 Å². The van der Waals surface area contributed by atoms with E-state index in [1.807, 2.05) is 38.1 Å². The van der Waals surface area contributed by atoms with Gasteiger partial charge in [0.25, 0.3) is 0 Å². The third-order valence-electron chi connectivity index (χ3n) is 3.27. The molecular weight excluding hydrogens is 287 g/mol. The summed E-state index contributed by atoms with van der Waals surface area (Å²) in [5.74, 6) is 0.406. The van der Waals surface area contributed by atoms with Gasteiger partial charge in [-0.25, -0.2) is 4.39 Å². The molecule has 3 rings (SSSR count). The molecule has 0 bridgehead atoms. The Morgan fingerprint density at radius 3 is 2.71 bits per heavy atom. The monoisotopic (exact) mass is 302 g/mol. The lowest BCUT2D eigenvalue weighted by Gasteiger charge is -2.31. The number of anilines is 1. The lowest BCUT2D eigenvalue weighted by Crippen LogP contribution is -2.29. The molecule has 0 unspecified atom stereocenters. The normalized spacial score (nSPS) is 15.7. The van der Waals surface area contributed by atoms with Crippen LogP contribution in [0.1, 0.15) is 25.1 Å². The minimum atomic E-state index is -0.465. The van der Waals surface area contributed by atoms with Crippen molar-refractivity contribution in [1.82, 2.24) is 4.98 Å². The Labute approximate surface area is 128 Å². The molecule has 1 aromatic heterocycles. The standard InChI is InChI=1S/C16H15FN2OS/c1-16(2)8-13(14-6-3-10(17)9-18-14)12-5-4-11(19-21)7-15(12)20-16/h3-9,19,21H,1-2H3. The van der Waals surface area contributed by atoms with Crippen LogP contribution in [0.3, 0.4) is 0 Å². The first kappa shape index (κ1) is 13.9. The Morgan fingerprint density at radius 1 is 1.24 bits per heavy atom. The molecular formula is C16H15FN2OS. The molecule has 0 radical (unpaired) electrons. The maximum Gasteiger partial charge on any atom is 0.141 e. The van der Waals surface area contributed by atoms with Crippen LogP contribution in [0.2, 0.25) is 0 Å². The number of fused-ring (bicyclic) bond motifs is 1. The van der Waals surface area contributed by atoms with Gasteiger partial charge in [0.2, 0.25) is 0 Å². The number of pyridine rings is 1. The molecule has 0 fully saturated rings. The van der Waals surface area contributed by atoms with Gasteiger partial charge < -0.3 is 9.46 Å². The Kier molecular flexibility index (Phi) is 3.37. The first-order chi connectivity index (χ1) is 9.98. The number of hydrogen-bond acceptors (Lipinski definition) is 4. The largest absolute Gasteiger partial charge is 0.483 e. The molecule has 2 heterocycles. The van der Waals surface area contributed by atoms with Gasteiger partial charge in [0, 0.05) is 22.9 Å². The fourth-order valence-corrected chi connectivity index (χ4v) is 2.52. The number of nitrogens with one attached hydrogen (secondary N) is 1. The van der Waals surface area contributed by atoms with Crippen LogP contribution in [0.4, 0.5) is 10.1 Å². The molecule has 1 aliphatic heterocycles. The first-order valence-electron chi connectivity index (χ1n) is 6.57. The van der Waals surface area contributed by atoms with E-state index in [-0.39, 0.29) is 5.82 Å². The molecule has 5 heteroatoms. The quantitative estimate of drug-likeness (QED) is 0.820. The van der Waals surface area contributed by atoms with Gasteiger partial charge in [-0.2, -0.15) is 0 Å². The smallest absolute Gasteiger partial charge is 0.141 e. The van der Waals surface area contributed by atoms with Crippen molar-refractivity contribution in [3.8, 4) is 5.75 Å². The van der Waals surface area contributed by atoms with Crippen LogP contribution in [0.15, 0.2) is 42.6 Å². The van der Waals surface area contributed by atoms with Crippen molar-refractivity contribution in [2.24, 2.45) is 0 Å². The minimum absolute atomic E-state index is 0.347. The summed E-state index contributed by atoms with van der Waals surface area (Å²) >= 11 is 4.05. The van der Waals surface area contributed by atoms with Crippen LogP contribution in [-0.4, -0.2) is 10.6 Å². The predicted octanol–water partition coefficient (Wildman–Crippen LogP) is 4.08. The van der Waals surface area contributed by atoms with Crippen molar-refractivity contribution in [1.29, 1.82) is 0 Å². The Balaban J connectivity index is 2.15.